The molecule has 0 bridgehead atoms. The number of carbonyl (C=O) groups excluding carboxylic acids is 1. The van der Waals surface area contributed by atoms with Gasteiger partial charge in [-0.1, -0.05) is 24.3 Å². The number of rotatable bonds is 6. The number of hydrogen-bond acceptors (Lipinski definition) is 3. The second-order valence-corrected chi connectivity index (χ2v) is 3.98. The van der Waals surface area contributed by atoms with Crippen molar-refractivity contribution in [2.24, 2.45) is 0 Å². The normalized spacial score (nSPS) is 11.9. The van der Waals surface area contributed by atoms with Gasteiger partial charge in [0.25, 0.3) is 0 Å². The summed E-state index contributed by atoms with van der Waals surface area (Å²) in [6, 6.07) is 6.79. The molecule has 1 aromatic rings. The van der Waals surface area contributed by atoms with Gasteiger partial charge in [0.05, 0.1) is 19.1 Å². The first kappa shape index (κ1) is 14.2. The molecule has 0 fully saturated rings. The summed E-state index contributed by atoms with van der Waals surface area (Å²) in [4.78, 5) is 22.0. The van der Waals surface area contributed by atoms with E-state index in [1.54, 1.807) is 13.2 Å². The largest absolute Gasteiger partial charge is 0.481 e. The maximum Gasteiger partial charge on any atom is 0.305 e. The molecule has 0 heterocycles. The summed E-state index contributed by atoms with van der Waals surface area (Å²) >= 11 is 0. The van der Waals surface area contributed by atoms with Gasteiger partial charge in [-0.3, -0.25) is 9.59 Å². The quantitative estimate of drug-likeness (QED) is 0.803. The third kappa shape index (κ3) is 4.18. The molecule has 98 valence electrons. The Morgan fingerprint density at radius 2 is 2.06 bits per heavy atom. The van der Waals surface area contributed by atoms with Crippen LogP contribution in [0.5, 0.6) is 0 Å². The first-order chi connectivity index (χ1) is 8.54. The van der Waals surface area contributed by atoms with E-state index in [2.05, 4.69) is 5.32 Å². The number of aliphatic carboxylic acids is 1. The van der Waals surface area contributed by atoms with E-state index in [0.717, 1.165) is 11.1 Å². The van der Waals surface area contributed by atoms with E-state index in [4.69, 9.17) is 9.84 Å². The predicted octanol–water partition coefficient (Wildman–Crippen LogP) is 1.48. The Labute approximate surface area is 106 Å². The average molecular weight is 251 g/mol. The average Bonchev–Trinajstić information content (AvgIpc) is 2.28. The Morgan fingerprint density at radius 1 is 1.39 bits per heavy atom. The van der Waals surface area contributed by atoms with Gasteiger partial charge in [0.2, 0.25) is 5.91 Å². The molecule has 5 nitrogen and oxygen atoms in total. The molecule has 1 aromatic carbocycles. The van der Waals surface area contributed by atoms with Gasteiger partial charge in [0, 0.05) is 14.0 Å². The fraction of sp³-hybridized carbons (Fsp3) is 0.385. The summed E-state index contributed by atoms with van der Waals surface area (Å²) in [5.74, 6) is -1.21. The lowest BCUT2D eigenvalue weighted by atomic mass is 9.98. The lowest BCUT2D eigenvalue weighted by molar-refractivity contribution is -0.137. The minimum absolute atomic E-state index is 0.152. The van der Waals surface area contributed by atoms with E-state index >= 15 is 0 Å². The lowest BCUT2D eigenvalue weighted by Gasteiger charge is -2.19. The molecule has 5 heteroatoms. The number of benzene rings is 1. The number of carboxylic acid groups (broad SMARTS) is 1. The van der Waals surface area contributed by atoms with Crippen molar-refractivity contribution in [1.82, 2.24) is 5.32 Å². The fourth-order valence-electron chi connectivity index (χ4n) is 1.82. The smallest absolute Gasteiger partial charge is 0.305 e. The molecule has 1 unspecified atom stereocenters. The molecule has 0 aliphatic carbocycles. The Kier molecular flexibility index (Phi) is 5.32. The monoisotopic (exact) mass is 251 g/mol. The van der Waals surface area contributed by atoms with Gasteiger partial charge in [-0.15, -0.1) is 0 Å². The van der Waals surface area contributed by atoms with Crippen LogP contribution in [-0.4, -0.2) is 24.1 Å². The standard InChI is InChI=1S/C13H17NO4/c1-9(15)14-12(7-13(16)17)11-6-4-3-5-10(11)8-18-2/h3-6,12H,7-8H2,1-2H3,(H,14,15)(H,16,17). The highest BCUT2D eigenvalue weighted by Gasteiger charge is 2.19. The van der Waals surface area contributed by atoms with Gasteiger partial charge in [-0.05, 0) is 11.1 Å². The number of amides is 1. The van der Waals surface area contributed by atoms with Gasteiger partial charge in [-0.25, -0.2) is 0 Å². The number of methoxy groups -OCH3 is 1. The maximum absolute atomic E-state index is 11.1. The lowest BCUT2D eigenvalue weighted by Crippen LogP contribution is -2.28. The molecule has 0 aliphatic heterocycles. The van der Waals surface area contributed by atoms with Crippen molar-refractivity contribution in [3.8, 4) is 0 Å². The molecule has 0 radical (unpaired) electrons. The van der Waals surface area contributed by atoms with Gasteiger partial charge < -0.3 is 15.2 Å². The predicted molar refractivity (Wildman–Crippen MR) is 66.0 cm³/mol. The summed E-state index contributed by atoms with van der Waals surface area (Å²) in [5, 5.41) is 11.5. The van der Waals surface area contributed by atoms with Gasteiger partial charge in [-0.2, -0.15) is 0 Å². The van der Waals surface area contributed by atoms with Crippen LogP contribution in [0.4, 0.5) is 0 Å². The van der Waals surface area contributed by atoms with Gasteiger partial charge in [0.1, 0.15) is 0 Å². The van der Waals surface area contributed by atoms with Crippen molar-refractivity contribution in [2.45, 2.75) is 26.0 Å². The molecule has 0 saturated heterocycles. The van der Waals surface area contributed by atoms with Crippen LogP contribution >= 0.6 is 0 Å². The van der Waals surface area contributed by atoms with Crippen LogP contribution in [0.2, 0.25) is 0 Å². The highest BCUT2D eigenvalue weighted by molar-refractivity contribution is 5.75. The molecular formula is C13H17NO4. The summed E-state index contributed by atoms with van der Waals surface area (Å²) < 4.78 is 5.07. The van der Waals surface area contributed by atoms with Crippen LogP contribution < -0.4 is 5.32 Å². The van der Waals surface area contributed by atoms with Crippen LogP contribution in [0.1, 0.15) is 30.5 Å². The first-order valence-corrected chi connectivity index (χ1v) is 5.60. The highest BCUT2D eigenvalue weighted by Crippen LogP contribution is 2.21. The van der Waals surface area contributed by atoms with Crippen LogP contribution in [0, 0.1) is 0 Å². The second kappa shape index (κ2) is 6.76. The first-order valence-electron chi connectivity index (χ1n) is 5.60. The van der Waals surface area contributed by atoms with Crippen molar-refractivity contribution in [3.05, 3.63) is 35.4 Å². The summed E-state index contributed by atoms with van der Waals surface area (Å²) in [6.45, 7) is 1.75. The van der Waals surface area contributed by atoms with Crippen molar-refractivity contribution in [1.29, 1.82) is 0 Å². The summed E-state index contributed by atoms with van der Waals surface area (Å²) in [5.41, 5.74) is 1.65. The summed E-state index contributed by atoms with van der Waals surface area (Å²) in [7, 11) is 1.57. The Hall–Kier alpha value is -1.88. The number of carboxylic acids is 1. The minimum Gasteiger partial charge on any atom is -0.481 e. The molecule has 1 atom stereocenters. The van der Waals surface area contributed by atoms with E-state index in [-0.39, 0.29) is 12.3 Å². The van der Waals surface area contributed by atoms with Crippen LogP contribution in [-0.2, 0) is 20.9 Å². The van der Waals surface area contributed by atoms with Crippen LogP contribution in [0.15, 0.2) is 24.3 Å². The minimum atomic E-state index is -0.957. The zero-order valence-electron chi connectivity index (χ0n) is 10.5. The SMILES string of the molecule is COCc1ccccc1C(CC(=O)O)NC(C)=O. The van der Waals surface area contributed by atoms with Gasteiger partial charge >= 0.3 is 5.97 Å². The van der Waals surface area contributed by atoms with Crippen LogP contribution in [0.25, 0.3) is 0 Å². The Balaban J connectivity index is 3.02. The molecule has 2 N–H and O–H groups in total. The third-order valence-corrected chi connectivity index (χ3v) is 2.49. The number of ether oxygens (including phenoxy) is 1. The topological polar surface area (TPSA) is 75.6 Å². The summed E-state index contributed by atoms with van der Waals surface area (Å²) in [6.07, 6.45) is -0.152. The Bertz CT molecular complexity index is 415. The molecule has 1 rings (SSSR count). The van der Waals surface area contributed by atoms with E-state index in [1.165, 1.54) is 6.92 Å². The number of nitrogens with one attached hydrogen (secondary N) is 1. The number of carbonyl (C=O) groups is 2. The third-order valence-electron chi connectivity index (χ3n) is 2.49. The molecule has 0 saturated carbocycles. The maximum atomic E-state index is 11.1. The van der Waals surface area contributed by atoms with E-state index in [1.807, 2.05) is 18.2 Å². The van der Waals surface area contributed by atoms with Crippen molar-refractivity contribution >= 4 is 11.9 Å². The molecule has 0 spiro atoms. The Morgan fingerprint density at radius 3 is 2.61 bits per heavy atom. The van der Waals surface area contributed by atoms with Crippen molar-refractivity contribution < 1.29 is 19.4 Å². The highest BCUT2D eigenvalue weighted by atomic mass is 16.5. The molecule has 18 heavy (non-hydrogen) atoms. The van der Waals surface area contributed by atoms with Crippen molar-refractivity contribution in [2.75, 3.05) is 7.11 Å². The van der Waals surface area contributed by atoms with Gasteiger partial charge in [0.15, 0.2) is 0 Å². The zero-order valence-corrected chi connectivity index (χ0v) is 10.5. The molecule has 0 aromatic heterocycles. The number of hydrogen-bond donors (Lipinski definition) is 2. The fourth-order valence-corrected chi connectivity index (χ4v) is 1.82. The van der Waals surface area contributed by atoms with E-state index in [0.29, 0.717) is 6.61 Å². The molecule has 1 amide bonds. The van der Waals surface area contributed by atoms with Crippen molar-refractivity contribution in [3.63, 3.8) is 0 Å². The molecular weight excluding hydrogens is 234 g/mol. The second-order valence-electron chi connectivity index (χ2n) is 3.98. The van der Waals surface area contributed by atoms with E-state index < -0.39 is 12.0 Å². The van der Waals surface area contributed by atoms with Crippen LogP contribution in [0.3, 0.4) is 0 Å². The zero-order chi connectivity index (χ0) is 13.5. The van der Waals surface area contributed by atoms with E-state index in [9.17, 15) is 9.59 Å². The molecule has 0 aliphatic rings.